The van der Waals surface area contributed by atoms with Crippen LogP contribution in [0.5, 0.6) is 0 Å². The Morgan fingerprint density at radius 1 is 0.792 bits per heavy atom. The molecule has 0 aromatic carbocycles. The van der Waals surface area contributed by atoms with Gasteiger partial charge in [-0.05, 0) is 38.5 Å². The highest BCUT2D eigenvalue weighted by molar-refractivity contribution is 6.00. The first kappa shape index (κ1) is 20.2. The van der Waals surface area contributed by atoms with E-state index in [2.05, 4.69) is 13.8 Å². The number of carbonyl (C=O) groups excluding carboxylic acids is 2. The van der Waals surface area contributed by atoms with Gasteiger partial charge in [-0.2, -0.15) is 0 Å². The summed E-state index contributed by atoms with van der Waals surface area (Å²) in [6.07, 6.45) is 14.8. The van der Waals surface area contributed by atoms with Gasteiger partial charge in [0.2, 0.25) is 0 Å². The number of rotatable bonds is 10. The first-order valence-electron chi connectivity index (χ1n) is 9.06. The second kappa shape index (κ2) is 12.6. The third kappa shape index (κ3) is 7.62. The zero-order valence-electron chi connectivity index (χ0n) is 15.0. The molecule has 0 saturated heterocycles. The van der Waals surface area contributed by atoms with Crippen LogP contribution in [0.25, 0.3) is 0 Å². The molecule has 0 unspecified atom stereocenters. The second-order valence-electron chi connectivity index (χ2n) is 5.88. The Labute approximate surface area is 145 Å². The quantitative estimate of drug-likeness (QED) is 0.431. The van der Waals surface area contributed by atoms with Crippen LogP contribution in [0, 0.1) is 0 Å². The molecule has 0 amide bonds. The molecular weight excluding hydrogens is 304 g/mol. The average molecular weight is 334 g/mol. The van der Waals surface area contributed by atoms with Crippen molar-refractivity contribution >= 4 is 11.9 Å². The molecule has 0 aliphatic heterocycles. The molecule has 0 spiro atoms. The fourth-order valence-electron chi connectivity index (χ4n) is 2.48. The third-order valence-corrected chi connectivity index (χ3v) is 3.83. The molecule has 0 N–H and O–H groups in total. The van der Waals surface area contributed by atoms with E-state index in [0.717, 1.165) is 38.5 Å². The predicted molar refractivity (Wildman–Crippen MR) is 95.5 cm³/mol. The van der Waals surface area contributed by atoms with E-state index >= 15 is 0 Å². The van der Waals surface area contributed by atoms with Crippen molar-refractivity contribution < 1.29 is 19.1 Å². The van der Waals surface area contributed by atoms with Crippen molar-refractivity contribution in [2.75, 3.05) is 13.2 Å². The summed E-state index contributed by atoms with van der Waals surface area (Å²) in [6, 6.07) is 0. The molecule has 1 aliphatic rings. The maximum Gasteiger partial charge on any atom is 0.334 e. The van der Waals surface area contributed by atoms with Crippen LogP contribution in [0.1, 0.15) is 65.2 Å². The molecule has 1 rings (SSSR count). The number of hydrogen-bond donors (Lipinski definition) is 0. The fourth-order valence-corrected chi connectivity index (χ4v) is 2.48. The molecule has 0 fully saturated rings. The Kier molecular flexibility index (Phi) is 10.6. The Balaban J connectivity index is 2.58. The summed E-state index contributed by atoms with van der Waals surface area (Å²) in [5.74, 6) is -0.770. The normalized spacial score (nSPS) is 15.2. The van der Waals surface area contributed by atoms with Gasteiger partial charge in [0.05, 0.1) is 0 Å². The molecule has 0 aromatic rings. The summed E-state index contributed by atoms with van der Waals surface area (Å²) in [5, 5.41) is 0. The van der Waals surface area contributed by atoms with Gasteiger partial charge < -0.3 is 9.47 Å². The minimum absolute atomic E-state index is 0.254. The smallest absolute Gasteiger partial charge is 0.334 e. The maximum absolute atomic E-state index is 12.2. The van der Waals surface area contributed by atoms with Crippen LogP contribution in [-0.2, 0) is 19.1 Å². The highest BCUT2D eigenvalue weighted by Crippen LogP contribution is 2.26. The van der Waals surface area contributed by atoms with E-state index in [0.29, 0.717) is 24.0 Å². The number of hydrogen-bond acceptors (Lipinski definition) is 4. The zero-order valence-corrected chi connectivity index (χ0v) is 15.0. The molecule has 4 heteroatoms. The predicted octanol–water partition coefficient (Wildman–Crippen LogP) is 4.66. The van der Waals surface area contributed by atoms with Crippen molar-refractivity contribution in [3.63, 3.8) is 0 Å². The molecule has 0 heterocycles. The van der Waals surface area contributed by atoms with E-state index in [1.807, 2.05) is 24.3 Å². The lowest BCUT2D eigenvalue weighted by atomic mass is 9.92. The van der Waals surface area contributed by atoms with Gasteiger partial charge in [-0.25, -0.2) is 9.59 Å². The van der Waals surface area contributed by atoms with E-state index in [4.69, 9.17) is 9.47 Å². The van der Waals surface area contributed by atoms with Crippen molar-refractivity contribution in [2.24, 2.45) is 0 Å². The van der Waals surface area contributed by atoms with Gasteiger partial charge in [-0.3, -0.25) is 0 Å². The Hall–Kier alpha value is -1.84. The van der Waals surface area contributed by atoms with Crippen LogP contribution in [0.3, 0.4) is 0 Å². The molecule has 0 aromatic heterocycles. The van der Waals surface area contributed by atoms with E-state index in [9.17, 15) is 9.59 Å². The van der Waals surface area contributed by atoms with Gasteiger partial charge in [-0.15, -0.1) is 0 Å². The minimum Gasteiger partial charge on any atom is -0.458 e. The van der Waals surface area contributed by atoms with Crippen LogP contribution in [0.15, 0.2) is 35.5 Å². The maximum atomic E-state index is 12.2. The van der Waals surface area contributed by atoms with Crippen molar-refractivity contribution in [3.05, 3.63) is 35.5 Å². The molecule has 1 aliphatic carbocycles. The monoisotopic (exact) mass is 334 g/mol. The lowest BCUT2D eigenvalue weighted by molar-refractivity contribution is -0.141. The topological polar surface area (TPSA) is 52.6 Å². The molecular formula is C20H30O4. The van der Waals surface area contributed by atoms with Gasteiger partial charge in [0.15, 0.2) is 0 Å². The average Bonchev–Trinajstić information content (AvgIpc) is 2.61. The van der Waals surface area contributed by atoms with Crippen LogP contribution in [0.2, 0.25) is 0 Å². The van der Waals surface area contributed by atoms with E-state index in [-0.39, 0.29) is 25.2 Å². The van der Waals surface area contributed by atoms with Gasteiger partial charge in [0.25, 0.3) is 0 Å². The Morgan fingerprint density at radius 2 is 1.21 bits per heavy atom. The van der Waals surface area contributed by atoms with Crippen molar-refractivity contribution in [3.8, 4) is 0 Å². The van der Waals surface area contributed by atoms with Crippen LogP contribution in [0.4, 0.5) is 0 Å². The highest BCUT2D eigenvalue weighted by atomic mass is 16.5. The van der Waals surface area contributed by atoms with Gasteiger partial charge in [-0.1, -0.05) is 51.0 Å². The number of ether oxygens (including phenoxy) is 2. The third-order valence-electron chi connectivity index (χ3n) is 3.83. The lowest BCUT2D eigenvalue weighted by Gasteiger charge is -2.17. The SMILES string of the molecule is CCC/C=C/COC(=O)C1=C(C(=O)OC/C=C/CCC)CCCC1. The van der Waals surface area contributed by atoms with Crippen LogP contribution in [-0.4, -0.2) is 25.2 Å². The zero-order chi connectivity index (χ0) is 17.6. The van der Waals surface area contributed by atoms with Crippen molar-refractivity contribution in [1.29, 1.82) is 0 Å². The van der Waals surface area contributed by atoms with Gasteiger partial charge >= 0.3 is 11.9 Å². The largest absolute Gasteiger partial charge is 0.458 e. The second-order valence-corrected chi connectivity index (χ2v) is 5.88. The molecule has 0 radical (unpaired) electrons. The standard InChI is InChI=1S/C20H30O4/c1-3-5-7-11-15-23-19(21)17-13-9-10-14-18(17)20(22)24-16-12-8-6-4-2/h7-8,11-12H,3-6,9-10,13-16H2,1-2H3/b11-7+,12-8+. The first-order chi connectivity index (χ1) is 11.7. The Morgan fingerprint density at radius 3 is 1.58 bits per heavy atom. The van der Waals surface area contributed by atoms with E-state index < -0.39 is 0 Å². The lowest BCUT2D eigenvalue weighted by Crippen LogP contribution is -2.19. The molecule has 0 atom stereocenters. The van der Waals surface area contributed by atoms with Crippen molar-refractivity contribution in [2.45, 2.75) is 65.2 Å². The number of unbranched alkanes of at least 4 members (excludes halogenated alkanes) is 2. The van der Waals surface area contributed by atoms with E-state index in [1.165, 1.54) is 0 Å². The van der Waals surface area contributed by atoms with Crippen LogP contribution < -0.4 is 0 Å². The highest BCUT2D eigenvalue weighted by Gasteiger charge is 2.25. The number of allylic oxidation sites excluding steroid dienone is 2. The summed E-state index contributed by atoms with van der Waals surface area (Å²) < 4.78 is 10.5. The minimum atomic E-state index is -0.385. The van der Waals surface area contributed by atoms with Crippen LogP contribution >= 0.6 is 0 Å². The molecule has 134 valence electrons. The van der Waals surface area contributed by atoms with E-state index in [1.54, 1.807) is 0 Å². The molecule has 24 heavy (non-hydrogen) atoms. The van der Waals surface area contributed by atoms with Gasteiger partial charge in [0.1, 0.15) is 13.2 Å². The summed E-state index contributed by atoms with van der Waals surface area (Å²) in [7, 11) is 0. The fraction of sp³-hybridized carbons (Fsp3) is 0.600. The molecule has 0 saturated carbocycles. The van der Waals surface area contributed by atoms with Crippen molar-refractivity contribution in [1.82, 2.24) is 0 Å². The molecule has 0 bridgehead atoms. The summed E-state index contributed by atoms with van der Waals surface area (Å²) in [4.78, 5) is 24.5. The number of esters is 2. The Bertz CT molecular complexity index is 442. The summed E-state index contributed by atoms with van der Waals surface area (Å²) in [6.45, 7) is 4.70. The summed E-state index contributed by atoms with van der Waals surface area (Å²) >= 11 is 0. The summed E-state index contributed by atoms with van der Waals surface area (Å²) in [5.41, 5.74) is 0.986. The van der Waals surface area contributed by atoms with Gasteiger partial charge in [0, 0.05) is 11.1 Å². The molecule has 4 nitrogen and oxygen atoms in total. The number of carbonyl (C=O) groups is 2. The first-order valence-corrected chi connectivity index (χ1v) is 9.06.